The first kappa shape index (κ1) is 19.8. The Morgan fingerprint density at radius 1 is 1.13 bits per heavy atom. The number of aromatic nitrogens is 4. The molecule has 152 valence electrons. The first-order valence-electron chi connectivity index (χ1n) is 9.13. The Morgan fingerprint density at radius 3 is 2.77 bits per heavy atom. The molecule has 7 nitrogen and oxygen atoms in total. The van der Waals surface area contributed by atoms with E-state index in [9.17, 15) is 9.18 Å². The van der Waals surface area contributed by atoms with Crippen LogP contribution in [0.15, 0.2) is 65.8 Å². The van der Waals surface area contributed by atoms with Gasteiger partial charge in [0.1, 0.15) is 11.6 Å². The summed E-state index contributed by atoms with van der Waals surface area (Å²) in [6.07, 6.45) is 0. The van der Waals surface area contributed by atoms with E-state index in [1.165, 1.54) is 23.9 Å². The van der Waals surface area contributed by atoms with Crippen LogP contribution in [0.25, 0.3) is 16.9 Å². The molecule has 4 rings (SSSR count). The van der Waals surface area contributed by atoms with E-state index in [0.717, 1.165) is 22.6 Å². The molecule has 0 saturated heterocycles. The van der Waals surface area contributed by atoms with Crippen LogP contribution in [0.5, 0.6) is 5.75 Å². The summed E-state index contributed by atoms with van der Waals surface area (Å²) in [5, 5.41) is 16.2. The SMILES string of the molecule is COc1cccc(-c2ccc3nnc(SCC(=O)NCc4ccc(F)cc4)n3n2)c1. The van der Waals surface area contributed by atoms with Gasteiger partial charge in [0.25, 0.3) is 0 Å². The number of fused-ring (bicyclic) bond motifs is 1. The van der Waals surface area contributed by atoms with Gasteiger partial charge in [0, 0.05) is 12.1 Å². The number of carbonyl (C=O) groups excluding carboxylic acids is 1. The molecule has 0 unspecified atom stereocenters. The Kier molecular flexibility index (Phi) is 5.89. The highest BCUT2D eigenvalue weighted by Gasteiger charge is 2.12. The van der Waals surface area contributed by atoms with Crippen molar-refractivity contribution >= 4 is 23.3 Å². The van der Waals surface area contributed by atoms with Gasteiger partial charge < -0.3 is 10.1 Å². The maximum absolute atomic E-state index is 12.9. The van der Waals surface area contributed by atoms with Crippen molar-refractivity contribution < 1.29 is 13.9 Å². The number of nitrogens with zero attached hydrogens (tertiary/aromatic N) is 4. The van der Waals surface area contributed by atoms with Crippen molar-refractivity contribution in [2.24, 2.45) is 0 Å². The van der Waals surface area contributed by atoms with Gasteiger partial charge in [-0.2, -0.15) is 9.61 Å². The number of hydrogen-bond acceptors (Lipinski definition) is 6. The van der Waals surface area contributed by atoms with E-state index in [1.807, 2.05) is 36.4 Å². The van der Waals surface area contributed by atoms with Crippen LogP contribution in [0.4, 0.5) is 4.39 Å². The molecule has 2 aromatic heterocycles. The van der Waals surface area contributed by atoms with Gasteiger partial charge in [0.15, 0.2) is 5.65 Å². The lowest BCUT2D eigenvalue weighted by molar-refractivity contribution is -0.118. The number of hydrogen-bond donors (Lipinski definition) is 1. The molecule has 0 aliphatic carbocycles. The van der Waals surface area contributed by atoms with E-state index in [0.29, 0.717) is 17.3 Å². The molecule has 0 aliphatic heterocycles. The zero-order chi connectivity index (χ0) is 20.9. The van der Waals surface area contributed by atoms with Crippen LogP contribution in [0.1, 0.15) is 5.56 Å². The zero-order valence-corrected chi connectivity index (χ0v) is 16.9. The summed E-state index contributed by atoms with van der Waals surface area (Å²) in [5.41, 5.74) is 3.06. The lowest BCUT2D eigenvalue weighted by Crippen LogP contribution is -2.24. The lowest BCUT2D eigenvalue weighted by Gasteiger charge is -2.06. The normalized spacial score (nSPS) is 10.9. The number of methoxy groups -OCH3 is 1. The third kappa shape index (κ3) is 4.57. The summed E-state index contributed by atoms with van der Waals surface area (Å²) in [7, 11) is 1.62. The van der Waals surface area contributed by atoms with Gasteiger partial charge >= 0.3 is 0 Å². The van der Waals surface area contributed by atoms with Crippen molar-refractivity contribution in [3.05, 3.63) is 72.0 Å². The second kappa shape index (κ2) is 8.91. The van der Waals surface area contributed by atoms with Crippen LogP contribution in [0.2, 0.25) is 0 Å². The largest absolute Gasteiger partial charge is 0.497 e. The summed E-state index contributed by atoms with van der Waals surface area (Å²) in [4.78, 5) is 12.2. The second-order valence-corrected chi connectivity index (χ2v) is 7.34. The van der Waals surface area contributed by atoms with E-state index in [-0.39, 0.29) is 17.5 Å². The Morgan fingerprint density at radius 2 is 1.97 bits per heavy atom. The van der Waals surface area contributed by atoms with Crippen molar-refractivity contribution in [2.45, 2.75) is 11.7 Å². The molecule has 1 amide bonds. The molecular formula is C21H18FN5O2S. The van der Waals surface area contributed by atoms with Crippen LogP contribution in [0.3, 0.4) is 0 Å². The minimum absolute atomic E-state index is 0.160. The number of ether oxygens (including phenoxy) is 1. The van der Waals surface area contributed by atoms with E-state index in [4.69, 9.17) is 4.74 Å². The summed E-state index contributed by atoms with van der Waals surface area (Å²) in [5.74, 6) is 0.434. The molecule has 0 aliphatic rings. The molecule has 1 N–H and O–H groups in total. The topological polar surface area (TPSA) is 81.4 Å². The summed E-state index contributed by atoms with van der Waals surface area (Å²) >= 11 is 1.24. The second-order valence-electron chi connectivity index (χ2n) is 6.39. The molecule has 4 aromatic rings. The van der Waals surface area contributed by atoms with Gasteiger partial charge in [-0.05, 0) is 42.0 Å². The van der Waals surface area contributed by atoms with Crippen LogP contribution in [-0.4, -0.2) is 38.6 Å². The predicted molar refractivity (Wildman–Crippen MR) is 112 cm³/mol. The quantitative estimate of drug-likeness (QED) is 0.459. The Labute approximate surface area is 176 Å². The first-order valence-corrected chi connectivity index (χ1v) is 10.1. The molecule has 0 radical (unpaired) electrons. The molecule has 2 aromatic carbocycles. The highest BCUT2D eigenvalue weighted by molar-refractivity contribution is 7.99. The molecule has 9 heteroatoms. The van der Waals surface area contributed by atoms with Crippen molar-refractivity contribution in [1.29, 1.82) is 0 Å². The number of carbonyl (C=O) groups is 1. The molecule has 0 atom stereocenters. The highest BCUT2D eigenvalue weighted by Crippen LogP contribution is 2.23. The van der Waals surface area contributed by atoms with Crippen LogP contribution >= 0.6 is 11.8 Å². The standard InChI is InChI=1S/C21H18FN5O2S/c1-29-17-4-2-3-15(11-17)18-9-10-19-24-25-21(27(19)26-18)30-13-20(28)23-12-14-5-7-16(22)8-6-14/h2-11H,12-13H2,1H3,(H,23,28). The maximum Gasteiger partial charge on any atom is 0.230 e. The maximum atomic E-state index is 12.9. The van der Waals surface area contributed by atoms with E-state index < -0.39 is 0 Å². The van der Waals surface area contributed by atoms with Gasteiger partial charge in [0.2, 0.25) is 11.1 Å². The monoisotopic (exact) mass is 423 g/mol. The number of amides is 1. The van der Waals surface area contributed by atoms with Crippen molar-refractivity contribution in [1.82, 2.24) is 25.1 Å². The van der Waals surface area contributed by atoms with Crippen molar-refractivity contribution in [3.8, 4) is 17.0 Å². The molecule has 0 spiro atoms. The molecular weight excluding hydrogens is 405 g/mol. The Bertz CT molecular complexity index is 1180. The lowest BCUT2D eigenvalue weighted by atomic mass is 10.1. The van der Waals surface area contributed by atoms with Crippen molar-refractivity contribution in [3.63, 3.8) is 0 Å². The van der Waals surface area contributed by atoms with Crippen LogP contribution in [-0.2, 0) is 11.3 Å². The fraction of sp³-hybridized carbons (Fsp3) is 0.143. The Balaban J connectivity index is 1.43. The van der Waals surface area contributed by atoms with E-state index in [2.05, 4.69) is 20.6 Å². The minimum atomic E-state index is -0.305. The van der Waals surface area contributed by atoms with Crippen LogP contribution in [0, 0.1) is 5.82 Å². The fourth-order valence-corrected chi connectivity index (χ4v) is 3.50. The Hall–Kier alpha value is -3.46. The van der Waals surface area contributed by atoms with Gasteiger partial charge in [-0.1, -0.05) is 36.0 Å². The van der Waals surface area contributed by atoms with Gasteiger partial charge in [0.05, 0.1) is 18.6 Å². The molecule has 2 heterocycles. The van der Waals surface area contributed by atoms with E-state index in [1.54, 1.807) is 23.8 Å². The van der Waals surface area contributed by atoms with Gasteiger partial charge in [-0.3, -0.25) is 4.79 Å². The number of benzene rings is 2. The van der Waals surface area contributed by atoms with Gasteiger partial charge in [-0.25, -0.2) is 4.39 Å². The molecule has 0 bridgehead atoms. The third-order valence-corrected chi connectivity index (χ3v) is 5.25. The number of rotatable bonds is 7. The molecule has 30 heavy (non-hydrogen) atoms. The fourth-order valence-electron chi connectivity index (χ4n) is 2.78. The average Bonchev–Trinajstić information content (AvgIpc) is 3.19. The predicted octanol–water partition coefficient (Wildman–Crippen LogP) is 3.35. The van der Waals surface area contributed by atoms with E-state index >= 15 is 0 Å². The molecule has 0 saturated carbocycles. The molecule has 0 fully saturated rings. The van der Waals surface area contributed by atoms with Crippen molar-refractivity contribution in [2.75, 3.05) is 12.9 Å². The zero-order valence-electron chi connectivity index (χ0n) is 16.1. The number of halogens is 1. The van der Waals surface area contributed by atoms with Gasteiger partial charge in [-0.15, -0.1) is 10.2 Å². The van der Waals surface area contributed by atoms with Crippen LogP contribution < -0.4 is 10.1 Å². The number of thioether (sulfide) groups is 1. The smallest absolute Gasteiger partial charge is 0.230 e. The minimum Gasteiger partial charge on any atom is -0.497 e. The summed E-state index contributed by atoms with van der Waals surface area (Å²) < 4.78 is 19.8. The summed E-state index contributed by atoms with van der Waals surface area (Å²) in [6, 6.07) is 17.3. The average molecular weight is 423 g/mol. The highest BCUT2D eigenvalue weighted by atomic mass is 32.2. The summed E-state index contributed by atoms with van der Waals surface area (Å²) in [6.45, 7) is 0.332. The first-order chi connectivity index (χ1) is 14.6. The third-order valence-electron chi connectivity index (χ3n) is 4.34. The number of nitrogens with one attached hydrogen (secondary N) is 1.